The Morgan fingerprint density at radius 3 is 2.45 bits per heavy atom. The highest BCUT2D eigenvalue weighted by Crippen LogP contribution is 2.50. The largest absolute Gasteiger partial charge is 0.387 e. The molecule has 0 amide bonds. The molecule has 9 nitrogen and oxygen atoms in total. The van der Waals surface area contributed by atoms with Crippen molar-refractivity contribution in [3.05, 3.63) is 10.4 Å². The maximum Gasteiger partial charge on any atom is 0.333 e. The van der Waals surface area contributed by atoms with Crippen molar-refractivity contribution in [1.82, 2.24) is 0 Å². The third-order valence-electron chi connectivity index (χ3n) is 2.79. The van der Waals surface area contributed by atoms with Crippen molar-refractivity contribution in [3.63, 3.8) is 0 Å². The van der Waals surface area contributed by atoms with Gasteiger partial charge in [-0.1, -0.05) is 5.11 Å². The van der Waals surface area contributed by atoms with Crippen molar-refractivity contribution in [1.29, 1.82) is 0 Å². The van der Waals surface area contributed by atoms with Gasteiger partial charge in [0.15, 0.2) is 6.29 Å². The lowest BCUT2D eigenvalue weighted by Crippen LogP contribution is -2.33. The van der Waals surface area contributed by atoms with Gasteiger partial charge in [-0.25, -0.2) is 0 Å². The lowest BCUT2D eigenvalue weighted by atomic mass is 10.1. The molecule has 4 atom stereocenters. The fraction of sp³-hybridized carbons (Fsp3) is 1.00. The second-order valence-electron chi connectivity index (χ2n) is 4.09. The average Bonchev–Trinajstić information content (AvgIpc) is 2.67. The van der Waals surface area contributed by atoms with E-state index >= 15 is 0 Å². The van der Waals surface area contributed by atoms with Crippen molar-refractivity contribution in [2.45, 2.75) is 38.4 Å². The Balaban J connectivity index is 2.86. The van der Waals surface area contributed by atoms with Crippen LogP contribution in [0.25, 0.3) is 10.4 Å². The number of azide groups is 1. The van der Waals surface area contributed by atoms with E-state index in [1.54, 1.807) is 13.8 Å². The molecule has 0 saturated carbocycles. The molecule has 1 rings (SSSR count). The summed E-state index contributed by atoms with van der Waals surface area (Å²) >= 11 is 0. The summed E-state index contributed by atoms with van der Waals surface area (Å²) in [5, 5.41) is 13.4. The molecule has 1 fully saturated rings. The average molecular weight is 309 g/mol. The summed E-state index contributed by atoms with van der Waals surface area (Å²) in [4.78, 5) is 2.67. The summed E-state index contributed by atoms with van der Waals surface area (Å²) in [6, 6.07) is -0.904. The first-order valence-electron chi connectivity index (χ1n) is 6.30. The van der Waals surface area contributed by atoms with Crippen molar-refractivity contribution in [2.75, 3.05) is 26.5 Å². The molecule has 0 aromatic rings. The number of aliphatic hydroxyl groups is 1. The summed E-state index contributed by atoms with van der Waals surface area (Å²) in [6.07, 6.45) is -2.98. The molecule has 20 heavy (non-hydrogen) atoms. The molecular formula is C10H20N3O6P. The molecule has 0 radical (unpaired) electrons. The Morgan fingerprint density at radius 2 is 2.00 bits per heavy atom. The highest BCUT2D eigenvalue weighted by Gasteiger charge is 2.46. The molecule has 1 aliphatic rings. The number of aliphatic hydroxyl groups excluding tert-OH is 1. The van der Waals surface area contributed by atoms with Crippen LogP contribution in [-0.2, 0) is 23.1 Å². The Labute approximate surface area is 117 Å². The van der Waals surface area contributed by atoms with Gasteiger partial charge in [-0.2, -0.15) is 0 Å². The topological polar surface area (TPSA) is 123 Å². The van der Waals surface area contributed by atoms with Crippen LogP contribution >= 0.6 is 7.60 Å². The van der Waals surface area contributed by atoms with Crippen LogP contribution < -0.4 is 0 Å². The summed E-state index contributed by atoms with van der Waals surface area (Å²) in [5.74, 6) is 0. The minimum absolute atomic E-state index is 0.116. The second kappa shape index (κ2) is 7.95. The molecule has 1 N–H and O–H groups in total. The molecule has 1 saturated heterocycles. The quantitative estimate of drug-likeness (QED) is 0.315. The fourth-order valence-electron chi connectivity index (χ4n) is 2.02. The molecule has 1 heterocycles. The van der Waals surface area contributed by atoms with Gasteiger partial charge in [-0.15, -0.1) is 0 Å². The molecular weight excluding hydrogens is 289 g/mol. The molecule has 1 aliphatic heterocycles. The molecule has 10 heteroatoms. The van der Waals surface area contributed by atoms with E-state index in [0.717, 1.165) is 0 Å². The maximum atomic E-state index is 12.4. The van der Waals surface area contributed by atoms with E-state index < -0.39 is 32.1 Å². The lowest BCUT2D eigenvalue weighted by Gasteiger charge is -2.22. The van der Waals surface area contributed by atoms with Crippen LogP contribution in [0.2, 0.25) is 0 Å². The monoisotopic (exact) mass is 309 g/mol. The molecule has 0 aromatic heterocycles. The highest BCUT2D eigenvalue weighted by molar-refractivity contribution is 7.53. The third kappa shape index (κ3) is 4.17. The number of hydrogen-bond acceptors (Lipinski definition) is 7. The molecule has 0 spiro atoms. The Hall–Kier alpha value is -0.660. The Morgan fingerprint density at radius 1 is 1.40 bits per heavy atom. The van der Waals surface area contributed by atoms with Gasteiger partial charge >= 0.3 is 7.60 Å². The SMILES string of the molecule is CCOP(=O)(C[C@H]1O[C@@H](OC)[C@H](O)[C@H]1N=[N+]=[N-])OCC. The lowest BCUT2D eigenvalue weighted by molar-refractivity contribution is -0.145. The van der Waals surface area contributed by atoms with Gasteiger partial charge in [-0.3, -0.25) is 4.57 Å². The zero-order chi connectivity index (χ0) is 15.2. The number of hydrogen-bond donors (Lipinski definition) is 1. The first kappa shape index (κ1) is 17.4. The van der Waals surface area contributed by atoms with Gasteiger partial charge in [0.1, 0.15) is 6.10 Å². The van der Waals surface area contributed by atoms with Gasteiger partial charge in [0.05, 0.1) is 31.5 Å². The van der Waals surface area contributed by atoms with E-state index in [4.69, 9.17) is 24.1 Å². The van der Waals surface area contributed by atoms with Crippen LogP contribution in [0.15, 0.2) is 5.11 Å². The normalized spacial score (nSPS) is 30.2. The van der Waals surface area contributed by atoms with Crippen molar-refractivity contribution < 1.29 is 28.2 Å². The Bertz CT molecular complexity index is 392. The fourth-order valence-corrected chi connectivity index (χ4v) is 3.83. The Kier molecular flexibility index (Phi) is 6.91. The van der Waals surface area contributed by atoms with Crippen LogP contribution in [0.4, 0.5) is 0 Å². The van der Waals surface area contributed by atoms with Gasteiger partial charge in [0.2, 0.25) is 0 Å². The van der Waals surface area contributed by atoms with Crippen LogP contribution in [-0.4, -0.2) is 56.1 Å². The summed E-state index contributed by atoms with van der Waals surface area (Å²) in [6.45, 7) is 3.82. The first-order chi connectivity index (χ1) is 9.51. The number of methoxy groups -OCH3 is 1. The first-order valence-corrected chi connectivity index (χ1v) is 8.02. The van der Waals surface area contributed by atoms with Crippen molar-refractivity contribution in [2.24, 2.45) is 5.11 Å². The predicted octanol–water partition coefficient (Wildman–Crippen LogP) is 1.66. The zero-order valence-electron chi connectivity index (χ0n) is 11.7. The number of rotatable bonds is 8. The predicted molar refractivity (Wildman–Crippen MR) is 70.3 cm³/mol. The highest BCUT2D eigenvalue weighted by atomic mass is 31.2. The van der Waals surface area contributed by atoms with Crippen LogP contribution in [0.1, 0.15) is 13.8 Å². The summed E-state index contributed by atoms with van der Waals surface area (Å²) in [7, 11) is -2.01. The summed E-state index contributed by atoms with van der Waals surface area (Å²) in [5.41, 5.74) is 8.55. The minimum Gasteiger partial charge on any atom is -0.387 e. The summed E-state index contributed by atoms with van der Waals surface area (Å²) < 4.78 is 33.1. The number of ether oxygens (including phenoxy) is 2. The van der Waals surface area contributed by atoms with Crippen LogP contribution in [0.3, 0.4) is 0 Å². The minimum atomic E-state index is -3.37. The van der Waals surface area contributed by atoms with E-state index in [-0.39, 0.29) is 19.4 Å². The second-order valence-corrected chi connectivity index (χ2v) is 6.20. The molecule has 0 bridgehead atoms. The van der Waals surface area contributed by atoms with Crippen molar-refractivity contribution in [3.8, 4) is 0 Å². The zero-order valence-corrected chi connectivity index (χ0v) is 12.6. The van der Waals surface area contributed by atoms with E-state index in [9.17, 15) is 9.67 Å². The van der Waals surface area contributed by atoms with E-state index in [1.807, 2.05) is 0 Å². The number of nitrogens with zero attached hydrogens (tertiary/aromatic N) is 3. The standard InChI is InChI=1S/C10H20N3O6P/c1-4-17-20(15,18-5-2)6-7-8(12-13-11)9(14)10(16-3)19-7/h7-10,14H,4-6H2,1-3H3/t7-,8+,9-,10-/m1/s1. The smallest absolute Gasteiger partial charge is 0.333 e. The van der Waals surface area contributed by atoms with Gasteiger partial charge in [-0.05, 0) is 19.4 Å². The van der Waals surface area contributed by atoms with Crippen molar-refractivity contribution >= 4 is 7.60 Å². The molecule has 0 aromatic carbocycles. The van der Waals surface area contributed by atoms with E-state index in [2.05, 4.69) is 10.0 Å². The third-order valence-corrected chi connectivity index (χ3v) is 4.90. The van der Waals surface area contributed by atoms with Crippen LogP contribution in [0.5, 0.6) is 0 Å². The maximum absolute atomic E-state index is 12.4. The van der Waals surface area contributed by atoms with Gasteiger partial charge in [0.25, 0.3) is 0 Å². The molecule has 0 aliphatic carbocycles. The van der Waals surface area contributed by atoms with Gasteiger partial charge < -0.3 is 23.6 Å². The van der Waals surface area contributed by atoms with Crippen LogP contribution in [0, 0.1) is 0 Å². The molecule has 116 valence electrons. The van der Waals surface area contributed by atoms with E-state index in [1.165, 1.54) is 7.11 Å². The van der Waals surface area contributed by atoms with E-state index in [0.29, 0.717) is 0 Å². The van der Waals surface area contributed by atoms with Gasteiger partial charge in [0, 0.05) is 12.0 Å². The molecule has 0 unspecified atom stereocenters.